The first-order valence-electron chi connectivity index (χ1n) is 6.47. The maximum absolute atomic E-state index is 13.2. The molecule has 0 bridgehead atoms. The first kappa shape index (κ1) is 20.5. The SMILES string of the molecule is O=S(=O)(Nc1ccc(F)c(C(F)(F)F)c1)c1cc(Br)cc(C(F)(F)F)c1. The molecule has 0 aliphatic rings. The molecule has 0 aliphatic carbocycles. The molecular formula is C14H7BrF7NO2S. The van der Waals surface area contributed by atoms with E-state index in [1.165, 1.54) is 0 Å². The van der Waals surface area contributed by atoms with Gasteiger partial charge in [0, 0.05) is 10.2 Å². The standard InChI is InChI=1S/C14H7BrF7NO2S/c15-8-3-7(13(17,18)19)4-10(5-8)26(24,25)23-9-1-2-12(16)11(6-9)14(20,21)22/h1-6,23H. The molecule has 142 valence electrons. The minimum atomic E-state index is -5.08. The maximum Gasteiger partial charge on any atom is 0.419 e. The predicted molar refractivity (Wildman–Crippen MR) is 81.4 cm³/mol. The Kier molecular flexibility index (Phi) is 5.30. The zero-order chi connectivity index (χ0) is 19.9. The predicted octanol–water partition coefficient (Wildman–Crippen LogP) is 5.43. The van der Waals surface area contributed by atoms with E-state index in [9.17, 15) is 39.2 Å². The highest BCUT2D eigenvalue weighted by Crippen LogP contribution is 2.35. The van der Waals surface area contributed by atoms with Gasteiger partial charge in [0.15, 0.2) is 0 Å². The maximum atomic E-state index is 13.2. The zero-order valence-electron chi connectivity index (χ0n) is 12.2. The summed E-state index contributed by atoms with van der Waals surface area (Å²) in [5, 5.41) is 0. The Hall–Kier alpha value is -1.82. The lowest BCUT2D eigenvalue weighted by Gasteiger charge is -2.14. The Morgan fingerprint density at radius 3 is 2.04 bits per heavy atom. The summed E-state index contributed by atoms with van der Waals surface area (Å²) in [5.74, 6) is -1.62. The number of anilines is 1. The number of rotatable bonds is 3. The van der Waals surface area contributed by atoms with Crippen molar-refractivity contribution in [1.82, 2.24) is 0 Å². The molecule has 0 aliphatic heterocycles. The zero-order valence-corrected chi connectivity index (χ0v) is 14.6. The van der Waals surface area contributed by atoms with Gasteiger partial charge in [0.2, 0.25) is 0 Å². The molecule has 0 saturated carbocycles. The van der Waals surface area contributed by atoms with E-state index >= 15 is 0 Å². The van der Waals surface area contributed by atoms with E-state index in [0.29, 0.717) is 24.3 Å². The minimum absolute atomic E-state index is 0.204. The van der Waals surface area contributed by atoms with Crippen LogP contribution in [0.15, 0.2) is 45.8 Å². The van der Waals surface area contributed by atoms with Crippen LogP contribution >= 0.6 is 15.9 Å². The third-order valence-corrected chi connectivity index (χ3v) is 4.85. The molecule has 2 aromatic carbocycles. The van der Waals surface area contributed by atoms with Gasteiger partial charge in [-0.15, -0.1) is 0 Å². The lowest BCUT2D eigenvalue weighted by atomic mass is 10.2. The Labute approximate surface area is 151 Å². The van der Waals surface area contributed by atoms with Gasteiger partial charge in [0.05, 0.1) is 16.0 Å². The second-order valence-corrected chi connectivity index (χ2v) is 7.57. The lowest BCUT2D eigenvalue weighted by molar-refractivity contribution is -0.140. The fourth-order valence-electron chi connectivity index (χ4n) is 1.90. The Morgan fingerprint density at radius 2 is 1.50 bits per heavy atom. The van der Waals surface area contributed by atoms with Crippen molar-refractivity contribution in [3.8, 4) is 0 Å². The van der Waals surface area contributed by atoms with Crippen LogP contribution in [0.25, 0.3) is 0 Å². The molecule has 0 aromatic heterocycles. The third kappa shape index (κ3) is 4.67. The average Bonchev–Trinajstić information content (AvgIpc) is 2.46. The molecule has 0 unspecified atom stereocenters. The fraction of sp³-hybridized carbons (Fsp3) is 0.143. The molecular weight excluding hydrogens is 459 g/mol. The van der Waals surface area contributed by atoms with E-state index in [2.05, 4.69) is 15.9 Å². The summed E-state index contributed by atoms with van der Waals surface area (Å²) >= 11 is 2.74. The minimum Gasteiger partial charge on any atom is -0.280 e. The van der Waals surface area contributed by atoms with Crippen LogP contribution in [0.1, 0.15) is 11.1 Å². The first-order valence-corrected chi connectivity index (χ1v) is 8.75. The van der Waals surface area contributed by atoms with Gasteiger partial charge < -0.3 is 0 Å². The number of alkyl halides is 6. The van der Waals surface area contributed by atoms with Gasteiger partial charge in [-0.25, -0.2) is 12.8 Å². The Morgan fingerprint density at radius 1 is 0.885 bits per heavy atom. The van der Waals surface area contributed by atoms with Crippen molar-refractivity contribution in [3.63, 3.8) is 0 Å². The molecule has 0 atom stereocenters. The van der Waals surface area contributed by atoms with Crippen molar-refractivity contribution in [2.75, 3.05) is 4.72 Å². The van der Waals surface area contributed by atoms with Gasteiger partial charge in [0.25, 0.3) is 10.0 Å². The lowest BCUT2D eigenvalue weighted by Crippen LogP contribution is -2.16. The van der Waals surface area contributed by atoms with Crippen LogP contribution < -0.4 is 4.72 Å². The van der Waals surface area contributed by atoms with Gasteiger partial charge in [-0.2, -0.15) is 26.3 Å². The third-order valence-electron chi connectivity index (χ3n) is 3.03. The van der Waals surface area contributed by atoms with Crippen LogP contribution in [0.2, 0.25) is 0 Å². The molecule has 0 heterocycles. The molecule has 26 heavy (non-hydrogen) atoms. The van der Waals surface area contributed by atoms with Crippen LogP contribution in [-0.4, -0.2) is 8.42 Å². The Bertz CT molecular complexity index is 939. The van der Waals surface area contributed by atoms with Crippen molar-refractivity contribution in [2.24, 2.45) is 0 Å². The van der Waals surface area contributed by atoms with Crippen LogP contribution in [0.3, 0.4) is 0 Å². The largest absolute Gasteiger partial charge is 0.419 e. The van der Waals surface area contributed by atoms with Crippen LogP contribution in [0.5, 0.6) is 0 Å². The molecule has 0 saturated heterocycles. The topological polar surface area (TPSA) is 46.2 Å². The van der Waals surface area contributed by atoms with E-state index < -0.39 is 49.9 Å². The van der Waals surface area contributed by atoms with Crippen molar-refractivity contribution in [3.05, 3.63) is 57.8 Å². The van der Waals surface area contributed by atoms with E-state index in [4.69, 9.17) is 0 Å². The first-order chi connectivity index (χ1) is 11.7. The molecule has 0 fully saturated rings. The number of sulfonamides is 1. The second-order valence-electron chi connectivity index (χ2n) is 4.97. The smallest absolute Gasteiger partial charge is 0.280 e. The van der Waals surface area contributed by atoms with Gasteiger partial charge in [-0.3, -0.25) is 4.72 Å². The monoisotopic (exact) mass is 465 g/mol. The highest BCUT2D eigenvalue weighted by atomic mass is 79.9. The normalized spacial score (nSPS) is 12.9. The van der Waals surface area contributed by atoms with E-state index in [1.807, 2.05) is 0 Å². The van der Waals surface area contributed by atoms with Crippen LogP contribution in [0, 0.1) is 5.82 Å². The summed E-state index contributed by atoms with van der Waals surface area (Å²) < 4.78 is 116. The number of hydrogen-bond acceptors (Lipinski definition) is 2. The fourth-order valence-corrected chi connectivity index (χ4v) is 3.67. The van der Waals surface area contributed by atoms with E-state index in [1.54, 1.807) is 4.72 Å². The van der Waals surface area contributed by atoms with Crippen LogP contribution in [-0.2, 0) is 22.4 Å². The van der Waals surface area contributed by atoms with E-state index in [-0.39, 0.29) is 10.5 Å². The molecule has 2 aromatic rings. The average molecular weight is 466 g/mol. The van der Waals surface area contributed by atoms with Crippen molar-refractivity contribution < 1.29 is 39.2 Å². The summed E-state index contributed by atoms with van der Waals surface area (Å²) in [7, 11) is -4.66. The summed E-state index contributed by atoms with van der Waals surface area (Å²) in [6.45, 7) is 0. The van der Waals surface area contributed by atoms with Gasteiger partial charge in [0.1, 0.15) is 5.82 Å². The van der Waals surface area contributed by atoms with Crippen LogP contribution in [0.4, 0.5) is 36.4 Å². The summed E-state index contributed by atoms with van der Waals surface area (Å²) in [4.78, 5) is -0.836. The van der Waals surface area contributed by atoms with Gasteiger partial charge >= 0.3 is 12.4 Å². The molecule has 0 spiro atoms. The number of hydrogen-bond donors (Lipinski definition) is 1. The Balaban J connectivity index is 2.46. The van der Waals surface area contributed by atoms with Crippen molar-refractivity contribution >= 4 is 31.6 Å². The van der Waals surface area contributed by atoms with Crippen molar-refractivity contribution in [2.45, 2.75) is 17.2 Å². The van der Waals surface area contributed by atoms with Gasteiger partial charge in [-0.05, 0) is 36.4 Å². The second kappa shape index (κ2) is 6.72. The molecule has 0 amide bonds. The highest BCUT2D eigenvalue weighted by molar-refractivity contribution is 9.10. The molecule has 3 nitrogen and oxygen atoms in total. The highest BCUT2D eigenvalue weighted by Gasteiger charge is 2.35. The quantitative estimate of drug-likeness (QED) is 0.614. The van der Waals surface area contributed by atoms with Crippen molar-refractivity contribution in [1.29, 1.82) is 0 Å². The number of benzene rings is 2. The molecule has 12 heteroatoms. The van der Waals surface area contributed by atoms with Gasteiger partial charge in [-0.1, -0.05) is 15.9 Å². The molecule has 0 radical (unpaired) electrons. The summed E-state index contributed by atoms with van der Waals surface area (Å²) in [5.41, 5.74) is -3.66. The summed E-state index contributed by atoms with van der Waals surface area (Å²) in [6.07, 6.45) is -9.92. The number of nitrogens with one attached hydrogen (secondary N) is 1. The van der Waals surface area contributed by atoms with E-state index in [0.717, 1.165) is 6.07 Å². The molecule has 2 rings (SSSR count). The summed E-state index contributed by atoms with van der Waals surface area (Å²) in [6, 6.07) is 3.11. The number of halogens is 8. The molecule has 1 N–H and O–H groups in total.